The molecule has 2 N–H and O–H groups in total. The molecule has 20 heavy (non-hydrogen) atoms. The van der Waals surface area contributed by atoms with Crippen molar-refractivity contribution in [2.24, 2.45) is 0 Å². The second kappa shape index (κ2) is 5.76. The molecule has 0 aliphatic rings. The van der Waals surface area contributed by atoms with Crippen molar-refractivity contribution in [1.82, 2.24) is 0 Å². The summed E-state index contributed by atoms with van der Waals surface area (Å²) in [6.07, 6.45) is 0. The fourth-order valence-electron chi connectivity index (χ4n) is 1.95. The van der Waals surface area contributed by atoms with E-state index in [9.17, 15) is 4.79 Å². The maximum absolute atomic E-state index is 12.6. The van der Waals surface area contributed by atoms with Gasteiger partial charge in [-0.1, -0.05) is 39.1 Å². The lowest BCUT2D eigenvalue weighted by Gasteiger charge is -2.11. The summed E-state index contributed by atoms with van der Waals surface area (Å²) >= 11 is 15.5. The monoisotopic (exact) mass is 371 g/mol. The van der Waals surface area contributed by atoms with Crippen molar-refractivity contribution in [3.8, 4) is 0 Å². The highest BCUT2D eigenvalue weighted by molar-refractivity contribution is 9.10. The number of hydrogen-bond donors (Lipinski definition) is 1. The largest absolute Gasteiger partial charge is 0.399 e. The first-order chi connectivity index (χ1) is 9.31. The zero-order valence-electron chi connectivity index (χ0n) is 10.9. The van der Waals surface area contributed by atoms with Crippen LogP contribution in [0.5, 0.6) is 0 Å². The van der Waals surface area contributed by atoms with E-state index >= 15 is 0 Å². The number of hydrogen-bond acceptors (Lipinski definition) is 2. The van der Waals surface area contributed by atoms with E-state index in [1.54, 1.807) is 6.07 Å². The molecule has 0 bridgehead atoms. The predicted octanol–water partition coefficient (Wildman–Crippen LogP) is 5.19. The molecule has 2 aromatic carbocycles. The Kier molecular flexibility index (Phi) is 4.43. The molecule has 0 aliphatic carbocycles. The number of nitrogen functional groups attached to an aromatic ring is 1. The van der Waals surface area contributed by atoms with Crippen molar-refractivity contribution < 1.29 is 4.79 Å². The molecule has 5 heteroatoms. The SMILES string of the molecule is Cc1cc(C(=O)c2cc(N)cc(Cl)c2Cl)c(C)cc1Br. The molecule has 0 radical (unpaired) electrons. The number of benzene rings is 2. The molecule has 0 aromatic heterocycles. The molecular weight excluding hydrogens is 361 g/mol. The third-order valence-electron chi connectivity index (χ3n) is 3.05. The van der Waals surface area contributed by atoms with Crippen LogP contribution < -0.4 is 5.73 Å². The molecule has 2 nitrogen and oxygen atoms in total. The van der Waals surface area contributed by atoms with Crippen LogP contribution in [0.1, 0.15) is 27.0 Å². The topological polar surface area (TPSA) is 43.1 Å². The van der Waals surface area contributed by atoms with Gasteiger partial charge in [0.2, 0.25) is 0 Å². The van der Waals surface area contributed by atoms with Gasteiger partial charge >= 0.3 is 0 Å². The van der Waals surface area contributed by atoms with Gasteiger partial charge in [-0.2, -0.15) is 0 Å². The summed E-state index contributed by atoms with van der Waals surface area (Å²) in [5.74, 6) is -0.183. The fourth-order valence-corrected chi connectivity index (χ4v) is 2.83. The van der Waals surface area contributed by atoms with E-state index < -0.39 is 0 Å². The lowest BCUT2D eigenvalue weighted by molar-refractivity contribution is 0.103. The maximum atomic E-state index is 12.6. The van der Waals surface area contributed by atoms with Gasteiger partial charge in [-0.25, -0.2) is 0 Å². The summed E-state index contributed by atoms with van der Waals surface area (Å²) < 4.78 is 0.961. The van der Waals surface area contributed by atoms with Gasteiger partial charge in [0.25, 0.3) is 0 Å². The number of anilines is 1. The van der Waals surface area contributed by atoms with Crippen molar-refractivity contribution in [3.63, 3.8) is 0 Å². The highest BCUT2D eigenvalue weighted by atomic mass is 79.9. The fraction of sp³-hybridized carbons (Fsp3) is 0.133. The molecule has 104 valence electrons. The first kappa shape index (κ1) is 15.4. The normalized spacial score (nSPS) is 10.7. The molecule has 0 saturated carbocycles. The van der Waals surface area contributed by atoms with Gasteiger partial charge in [-0.15, -0.1) is 0 Å². The molecule has 0 spiro atoms. The Labute approximate surface area is 136 Å². The van der Waals surface area contributed by atoms with Gasteiger partial charge in [0.15, 0.2) is 5.78 Å². The third kappa shape index (κ3) is 2.85. The minimum absolute atomic E-state index is 0.183. The molecule has 2 rings (SSSR count). The van der Waals surface area contributed by atoms with Crippen molar-refractivity contribution in [2.45, 2.75) is 13.8 Å². The number of carbonyl (C=O) groups excluding carboxylic acids is 1. The molecule has 0 heterocycles. The number of rotatable bonds is 2. The molecular formula is C15H12BrCl2NO. The van der Waals surface area contributed by atoms with Gasteiger partial charge in [0.05, 0.1) is 10.0 Å². The molecule has 2 aromatic rings. The number of nitrogens with two attached hydrogens (primary N) is 1. The second-order valence-electron chi connectivity index (χ2n) is 4.61. The first-order valence-electron chi connectivity index (χ1n) is 5.87. The van der Waals surface area contributed by atoms with E-state index in [1.807, 2.05) is 26.0 Å². The third-order valence-corrected chi connectivity index (χ3v) is 4.70. The minimum Gasteiger partial charge on any atom is -0.399 e. The summed E-state index contributed by atoms with van der Waals surface area (Å²) in [4.78, 5) is 12.6. The molecule has 0 aliphatic heterocycles. The molecule has 0 saturated heterocycles. The molecule has 0 atom stereocenters. The zero-order chi connectivity index (χ0) is 15.0. The van der Waals surface area contributed by atoms with E-state index in [0.29, 0.717) is 16.8 Å². The molecule has 0 amide bonds. The van der Waals surface area contributed by atoms with Crippen molar-refractivity contribution >= 4 is 50.6 Å². The Morgan fingerprint density at radius 1 is 1.05 bits per heavy atom. The summed E-state index contributed by atoms with van der Waals surface area (Å²) in [7, 11) is 0. The van der Waals surface area contributed by atoms with Gasteiger partial charge in [-0.05, 0) is 49.2 Å². The highest BCUT2D eigenvalue weighted by Crippen LogP contribution is 2.31. The van der Waals surface area contributed by atoms with Crippen molar-refractivity contribution in [3.05, 3.63) is 61.0 Å². The number of ketones is 1. The van der Waals surface area contributed by atoms with E-state index in [0.717, 1.165) is 15.6 Å². The van der Waals surface area contributed by atoms with Crippen LogP contribution in [0.25, 0.3) is 0 Å². The van der Waals surface area contributed by atoms with Crippen LogP contribution in [0, 0.1) is 13.8 Å². The van der Waals surface area contributed by atoms with Crippen LogP contribution in [0.4, 0.5) is 5.69 Å². The average Bonchev–Trinajstić information content (AvgIpc) is 2.37. The Hall–Kier alpha value is -1.03. The van der Waals surface area contributed by atoms with Gasteiger partial charge in [0, 0.05) is 21.3 Å². The van der Waals surface area contributed by atoms with Crippen LogP contribution >= 0.6 is 39.1 Å². The van der Waals surface area contributed by atoms with Gasteiger partial charge in [0.1, 0.15) is 0 Å². The smallest absolute Gasteiger partial charge is 0.194 e. The minimum atomic E-state index is -0.183. The summed E-state index contributed by atoms with van der Waals surface area (Å²) in [5.41, 5.74) is 8.90. The Balaban J connectivity index is 2.60. The van der Waals surface area contributed by atoms with Crippen LogP contribution in [-0.4, -0.2) is 5.78 Å². The lowest BCUT2D eigenvalue weighted by Crippen LogP contribution is -2.06. The summed E-state index contributed by atoms with van der Waals surface area (Å²) in [5, 5.41) is 0.507. The standard InChI is InChI=1S/C15H12BrCl2NO/c1-7-4-12(16)8(2)3-10(7)15(20)11-5-9(19)6-13(17)14(11)18/h3-6H,19H2,1-2H3. The van der Waals surface area contributed by atoms with Crippen LogP contribution in [0.15, 0.2) is 28.7 Å². The van der Waals surface area contributed by atoms with E-state index in [-0.39, 0.29) is 15.8 Å². The van der Waals surface area contributed by atoms with Crippen LogP contribution in [-0.2, 0) is 0 Å². The highest BCUT2D eigenvalue weighted by Gasteiger charge is 2.18. The lowest BCUT2D eigenvalue weighted by atomic mass is 9.97. The summed E-state index contributed by atoms with van der Waals surface area (Å²) in [6.45, 7) is 3.80. The molecule has 0 fully saturated rings. The summed E-state index contributed by atoms with van der Waals surface area (Å²) in [6, 6.07) is 6.81. The van der Waals surface area contributed by atoms with Gasteiger partial charge < -0.3 is 5.73 Å². The van der Waals surface area contributed by atoms with E-state index in [1.165, 1.54) is 6.07 Å². The maximum Gasteiger partial charge on any atom is 0.194 e. The van der Waals surface area contributed by atoms with Crippen LogP contribution in [0.3, 0.4) is 0 Å². The van der Waals surface area contributed by atoms with Crippen LogP contribution in [0.2, 0.25) is 10.0 Å². The first-order valence-corrected chi connectivity index (χ1v) is 7.42. The van der Waals surface area contributed by atoms with Crippen molar-refractivity contribution in [2.75, 3.05) is 5.73 Å². The van der Waals surface area contributed by atoms with Crippen molar-refractivity contribution in [1.29, 1.82) is 0 Å². The van der Waals surface area contributed by atoms with E-state index in [2.05, 4.69) is 15.9 Å². The van der Waals surface area contributed by atoms with Gasteiger partial charge in [-0.3, -0.25) is 4.79 Å². The number of carbonyl (C=O) groups is 1. The predicted molar refractivity (Wildman–Crippen MR) is 87.9 cm³/mol. The Bertz CT molecular complexity index is 714. The quantitative estimate of drug-likeness (QED) is 0.582. The molecule has 0 unspecified atom stereocenters. The number of halogens is 3. The second-order valence-corrected chi connectivity index (χ2v) is 6.25. The van der Waals surface area contributed by atoms with E-state index in [4.69, 9.17) is 28.9 Å². The Morgan fingerprint density at radius 2 is 1.70 bits per heavy atom. The Morgan fingerprint density at radius 3 is 2.35 bits per heavy atom. The zero-order valence-corrected chi connectivity index (χ0v) is 14.0. The average molecular weight is 373 g/mol. The number of aryl methyl sites for hydroxylation is 2.